The topological polar surface area (TPSA) is 59.3 Å². The molecule has 0 aliphatic rings. The van der Waals surface area contributed by atoms with E-state index in [1.165, 1.54) is 6.07 Å². The molecule has 2 aromatic carbocycles. The van der Waals surface area contributed by atoms with Crippen molar-refractivity contribution < 1.29 is 9.21 Å². The molecule has 0 fully saturated rings. The Morgan fingerprint density at radius 2 is 1.96 bits per heavy atom. The fraction of sp³-hybridized carbons (Fsp3) is 0.0588. The molecule has 0 spiro atoms. The van der Waals surface area contributed by atoms with Crippen LogP contribution in [0.2, 0.25) is 5.02 Å². The molecular weight excluding hydrogens is 382 g/mol. The number of aryl methyl sites for hydroxylation is 1. The van der Waals surface area contributed by atoms with Crippen LogP contribution in [0.15, 0.2) is 56.1 Å². The van der Waals surface area contributed by atoms with E-state index in [-0.39, 0.29) is 5.56 Å². The largest absolute Gasteiger partial charge is 0.422 e. The molecule has 6 heteroatoms. The van der Waals surface area contributed by atoms with Crippen LogP contribution in [0.1, 0.15) is 15.9 Å². The van der Waals surface area contributed by atoms with Gasteiger partial charge in [0.25, 0.3) is 5.91 Å². The predicted octanol–water partition coefficient (Wildman–Crippen LogP) is 4.77. The number of halogens is 2. The third-order valence-electron chi connectivity index (χ3n) is 3.31. The Labute approximate surface area is 145 Å². The van der Waals surface area contributed by atoms with Crippen molar-refractivity contribution in [1.82, 2.24) is 0 Å². The average molecular weight is 393 g/mol. The van der Waals surface area contributed by atoms with Crippen LogP contribution in [0, 0.1) is 6.92 Å². The third kappa shape index (κ3) is 3.30. The highest BCUT2D eigenvalue weighted by molar-refractivity contribution is 9.10. The zero-order valence-electron chi connectivity index (χ0n) is 12.0. The summed E-state index contributed by atoms with van der Waals surface area (Å²) in [6, 6.07) is 11.8. The van der Waals surface area contributed by atoms with Gasteiger partial charge in [0.15, 0.2) is 0 Å². The molecule has 0 atom stereocenters. The highest BCUT2D eigenvalue weighted by atomic mass is 79.9. The maximum Gasteiger partial charge on any atom is 0.349 e. The van der Waals surface area contributed by atoms with Crippen molar-refractivity contribution in [3.05, 3.63) is 73.5 Å². The van der Waals surface area contributed by atoms with Crippen molar-refractivity contribution in [1.29, 1.82) is 0 Å². The number of hydrogen-bond acceptors (Lipinski definition) is 3. The van der Waals surface area contributed by atoms with Crippen molar-refractivity contribution in [2.45, 2.75) is 6.92 Å². The van der Waals surface area contributed by atoms with E-state index in [1.807, 2.05) is 19.1 Å². The molecule has 3 rings (SSSR count). The van der Waals surface area contributed by atoms with E-state index < -0.39 is 11.5 Å². The normalized spacial score (nSPS) is 10.7. The van der Waals surface area contributed by atoms with Gasteiger partial charge < -0.3 is 9.73 Å². The van der Waals surface area contributed by atoms with Gasteiger partial charge in [-0.1, -0.05) is 17.7 Å². The number of anilines is 1. The number of nitrogens with one attached hydrogen (secondary N) is 1. The van der Waals surface area contributed by atoms with Gasteiger partial charge >= 0.3 is 5.63 Å². The minimum atomic E-state index is -0.694. The molecule has 3 aromatic rings. The van der Waals surface area contributed by atoms with E-state index in [9.17, 15) is 9.59 Å². The molecule has 0 aliphatic carbocycles. The van der Waals surface area contributed by atoms with Crippen LogP contribution >= 0.6 is 27.5 Å². The highest BCUT2D eigenvalue weighted by Gasteiger charge is 2.15. The maximum absolute atomic E-state index is 12.4. The number of rotatable bonds is 2. The van der Waals surface area contributed by atoms with Crippen LogP contribution < -0.4 is 10.9 Å². The number of carbonyl (C=O) groups is 1. The average Bonchev–Trinajstić information content (AvgIpc) is 2.49. The van der Waals surface area contributed by atoms with Gasteiger partial charge in [0.1, 0.15) is 11.1 Å². The standard InChI is InChI=1S/C17H11BrClNO3/c1-9-2-4-14(13(18)6-9)20-16(21)12-8-10-7-11(19)3-5-15(10)23-17(12)22/h2-8H,1H3,(H,20,21). The first kappa shape index (κ1) is 15.8. The lowest BCUT2D eigenvalue weighted by molar-refractivity contribution is 0.102. The lowest BCUT2D eigenvalue weighted by atomic mass is 10.1. The number of fused-ring (bicyclic) bond motifs is 1. The van der Waals surface area contributed by atoms with Crippen molar-refractivity contribution >= 4 is 50.1 Å². The summed E-state index contributed by atoms with van der Waals surface area (Å²) < 4.78 is 5.90. The van der Waals surface area contributed by atoms with Crippen LogP contribution in [-0.4, -0.2) is 5.91 Å². The Bertz CT molecular complexity index is 981. The minimum absolute atomic E-state index is 0.0766. The van der Waals surface area contributed by atoms with Crippen LogP contribution in [0.3, 0.4) is 0 Å². The minimum Gasteiger partial charge on any atom is -0.422 e. The van der Waals surface area contributed by atoms with Gasteiger partial charge in [-0.05, 0) is 64.8 Å². The Morgan fingerprint density at radius 1 is 1.17 bits per heavy atom. The smallest absolute Gasteiger partial charge is 0.349 e. The monoisotopic (exact) mass is 391 g/mol. The van der Waals surface area contributed by atoms with Crippen molar-refractivity contribution in [2.75, 3.05) is 5.32 Å². The second kappa shape index (κ2) is 6.18. The molecular formula is C17H11BrClNO3. The molecule has 0 radical (unpaired) electrons. The van der Waals surface area contributed by atoms with Crippen LogP contribution in [0.5, 0.6) is 0 Å². The first-order chi connectivity index (χ1) is 10.9. The SMILES string of the molecule is Cc1ccc(NC(=O)c2cc3cc(Cl)ccc3oc2=O)c(Br)c1. The predicted molar refractivity (Wildman–Crippen MR) is 94.3 cm³/mol. The first-order valence-electron chi connectivity index (χ1n) is 6.75. The second-order valence-electron chi connectivity index (χ2n) is 5.07. The lowest BCUT2D eigenvalue weighted by Gasteiger charge is -2.08. The Hall–Kier alpha value is -2.11. The molecule has 0 bridgehead atoms. The quantitative estimate of drug-likeness (QED) is 0.639. The lowest BCUT2D eigenvalue weighted by Crippen LogP contribution is -2.20. The fourth-order valence-electron chi connectivity index (χ4n) is 2.16. The number of hydrogen-bond donors (Lipinski definition) is 1. The molecule has 1 heterocycles. The zero-order chi connectivity index (χ0) is 16.6. The second-order valence-corrected chi connectivity index (χ2v) is 6.36. The highest BCUT2D eigenvalue weighted by Crippen LogP contribution is 2.24. The van der Waals surface area contributed by atoms with Crippen LogP contribution in [0.25, 0.3) is 11.0 Å². The molecule has 1 aromatic heterocycles. The van der Waals surface area contributed by atoms with E-state index in [4.69, 9.17) is 16.0 Å². The Balaban J connectivity index is 2.00. The van der Waals surface area contributed by atoms with Gasteiger partial charge in [-0.2, -0.15) is 0 Å². The summed E-state index contributed by atoms with van der Waals surface area (Å²) in [7, 11) is 0. The number of amides is 1. The Kier molecular flexibility index (Phi) is 4.24. The molecule has 0 aliphatic heterocycles. The van der Waals surface area contributed by atoms with Gasteiger partial charge in [0.2, 0.25) is 0 Å². The molecule has 4 nitrogen and oxygen atoms in total. The fourth-order valence-corrected chi connectivity index (χ4v) is 2.94. The first-order valence-corrected chi connectivity index (χ1v) is 7.92. The van der Waals surface area contributed by atoms with Gasteiger partial charge in [-0.15, -0.1) is 0 Å². The summed E-state index contributed by atoms with van der Waals surface area (Å²) in [5.74, 6) is -0.537. The summed E-state index contributed by atoms with van der Waals surface area (Å²) in [5, 5.41) is 3.78. The summed E-state index contributed by atoms with van der Waals surface area (Å²) in [5.41, 5.74) is 1.24. The van der Waals surface area contributed by atoms with Crippen LogP contribution in [-0.2, 0) is 0 Å². The summed E-state index contributed by atoms with van der Waals surface area (Å²) in [6.45, 7) is 1.94. The van der Waals surface area contributed by atoms with Gasteiger partial charge in [-0.25, -0.2) is 4.79 Å². The van der Waals surface area contributed by atoms with Crippen molar-refractivity contribution in [2.24, 2.45) is 0 Å². The summed E-state index contributed by atoms with van der Waals surface area (Å²) in [6.07, 6.45) is 0. The molecule has 0 saturated heterocycles. The molecule has 0 unspecified atom stereocenters. The van der Waals surface area contributed by atoms with Crippen molar-refractivity contribution in [3.63, 3.8) is 0 Å². The van der Waals surface area contributed by atoms with E-state index >= 15 is 0 Å². The summed E-state index contributed by atoms with van der Waals surface area (Å²) in [4.78, 5) is 24.4. The zero-order valence-corrected chi connectivity index (χ0v) is 14.4. The van der Waals surface area contributed by atoms with Crippen LogP contribution in [0.4, 0.5) is 5.69 Å². The number of benzene rings is 2. The van der Waals surface area contributed by atoms with E-state index in [1.54, 1.807) is 24.3 Å². The third-order valence-corrected chi connectivity index (χ3v) is 4.20. The maximum atomic E-state index is 12.4. The van der Waals surface area contributed by atoms with E-state index in [0.717, 1.165) is 10.0 Å². The van der Waals surface area contributed by atoms with Gasteiger partial charge in [-0.3, -0.25) is 4.79 Å². The Morgan fingerprint density at radius 3 is 2.70 bits per heavy atom. The van der Waals surface area contributed by atoms with Gasteiger partial charge in [0.05, 0.1) is 5.69 Å². The molecule has 0 saturated carbocycles. The molecule has 1 amide bonds. The number of carbonyl (C=O) groups excluding carboxylic acids is 1. The van der Waals surface area contributed by atoms with Gasteiger partial charge in [0, 0.05) is 14.9 Å². The molecule has 1 N–H and O–H groups in total. The van der Waals surface area contributed by atoms with E-state index in [0.29, 0.717) is 21.7 Å². The van der Waals surface area contributed by atoms with E-state index in [2.05, 4.69) is 21.2 Å². The molecule has 116 valence electrons. The van der Waals surface area contributed by atoms with Crippen molar-refractivity contribution in [3.8, 4) is 0 Å². The molecule has 23 heavy (non-hydrogen) atoms. The summed E-state index contributed by atoms with van der Waals surface area (Å²) >= 11 is 9.31.